The van der Waals surface area contributed by atoms with Gasteiger partial charge < -0.3 is 20.5 Å². The number of carbonyl (C=O) groups is 3. The van der Waals surface area contributed by atoms with Crippen molar-refractivity contribution in [2.24, 2.45) is 5.92 Å². The number of aliphatic carboxylic acids is 1. The van der Waals surface area contributed by atoms with Crippen LogP contribution in [0.1, 0.15) is 51.2 Å². The summed E-state index contributed by atoms with van der Waals surface area (Å²) in [7, 11) is 0. The highest BCUT2D eigenvalue weighted by molar-refractivity contribution is 5.85. The van der Waals surface area contributed by atoms with Crippen molar-refractivity contribution in [3.8, 4) is 11.1 Å². The molecule has 0 saturated heterocycles. The smallest absolute Gasteiger partial charge is 0.407 e. The van der Waals surface area contributed by atoms with Crippen LogP contribution in [0.5, 0.6) is 0 Å². The fourth-order valence-corrected chi connectivity index (χ4v) is 4.09. The number of nitrogens with one attached hydrogen (secondary N) is 2. The molecule has 32 heavy (non-hydrogen) atoms. The van der Waals surface area contributed by atoms with Crippen LogP contribution in [0.2, 0.25) is 0 Å². The third kappa shape index (κ3) is 5.28. The summed E-state index contributed by atoms with van der Waals surface area (Å²) in [5.41, 5.74) is 3.62. The first kappa shape index (κ1) is 23.3. The van der Waals surface area contributed by atoms with Gasteiger partial charge in [-0.05, 0) is 42.0 Å². The van der Waals surface area contributed by atoms with Gasteiger partial charge in [-0.25, -0.2) is 9.59 Å². The largest absolute Gasteiger partial charge is 0.480 e. The molecule has 2 aromatic rings. The second-order valence-electron chi connectivity index (χ2n) is 9.14. The summed E-state index contributed by atoms with van der Waals surface area (Å²) in [5.74, 6) is -1.85. The molecule has 1 atom stereocenters. The molecule has 0 bridgehead atoms. The van der Waals surface area contributed by atoms with Crippen molar-refractivity contribution < 1.29 is 24.2 Å². The van der Waals surface area contributed by atoms with E-state index < -0.39 is 29.6 Å². The van der Waals surface area contributed by atoms with Crippen molar-refractivity contribution >= 4 is 18.0 Å². The Morgan fingerprint density at radius 3 is 2.03 bits per heavy atom. The maximum Gasteiger partial charge on any atom is 0.407 e. The Morgan fingerprint density at radius 2 is 1.53 bits per heavy atom. The van der Waals surface area contributed by atoms with Crippen LogP contribution in [0.25, 0.3) is 11.1 Å². The highest BCUT2D eigenvalue weighted by Crippen LogP contribution is 2.44. The zero-order valence-electron chi connectivity index (χ0n) is 18.8. The van der Waals surface area contributed by atoms with Crippen LogP contribution in [0.15, 0.2) is 48.5 Å². The summed E-state index contributed by atoms with van der Waals surface area (Å²) in [6, 6.07) is 15.2. The van der Waals surface area contributed by atoms with Crippen molar-refractivity contribution in [2.75, 3.05) is 6.61 Å². The van der Waals surface area contributed by atoms with Gasteiger partial charge in [-0.1, -0.05) is 62.4 Å². The van der Waals surface area contributed by atoms with Crippen molar-refractivity contribution in [1.29, 1.82) is 0 Å². The first-order valence-electron chi connectivity index (χ1n) is 10.7. The monoisotopic (exact) mass is 438 g/mol. The van der Waals surface area contributed by atoms with E-state index in [1.807, 2.05) is 36.4 Å². The Balaban J connectivity index is 1.59. The molecule has 1 unspecified atom stereocenters. The molecule has 0 saturated carbocycles. The Kier molecular flexibility index (Phi) is 6.87. The first-order valence-corrected chi connectivity index (χ1v) is 10.7. The topological polar surface area (TPSA) is 105 Å². The van der Waals surface area contributed by atoms with E-state index in [4.69, 9.17) is 4.74 Å². The third-order valence-corrected chi connectivity index (χ3v) is 5.64. The average Bonchev–Trinajstić information content (AvgIpc) is 3.03. The van der Waals surface area contributed by atoms with Crippen LogP contribution in [0.3, 0.4) is 0 Å². The van der Waals surface area contributed by atoms with Crippen LogP contribution >= 0.6 is 0 Å². The lowest BCUT2D eigenvalue weighted by atomic mass is 9.98. The molecule has 2 aromatic carbocycles. The minimum Gasteiger partial charge on any atom is -0.480 e. The molecule has 0 spiro atoms. The second kappa shape index (κ2) is 9.42. The van der Waals surface area contributed by atoms with Crippen LogP contribution in [0, 0.1) is 5.92 Å². The summed E-state index contributed by atoms with van der Waals surface area (Å²) >= 11 is 0. The van der Waals surface area contributed by atoms with Crippen LogP contribution in [-0.2, 0) is 14.3 Å². The Hall–Kier alpha value is -3.35. The summed E-state index contributed by atoms with van der Waals surface area (Å²) in [6.45, 7) is 7.01. The fraction of sp³-hybridized carbons (Fsp3) is 0.400. The van der Waals surface area contributed by atoms with Gasteiger partial charge in [0.2, 0.25) is 5.91 Å². The van der Waals surface area contributed by atoms with E-state index >= 15 is 0 Å². The number of amides is 2. The van der Waals surface area contributed by atoms with Gasteiger partial charge >= 0.3 is 12.1 Å². The molecular formula is C25H30N2O5. The average molecular weight is 439 g/mol. The van der Waals surface area contributed by atoms with Gasteiger partial charge in [-0.2, -0.15) is 0 Å². The standard InChI is InChI=1S/C25H30N2O5/c1-15(2)22(23(29)30)26-21(28)13-25(3,4)27-24(31)32-14-20-18-11-7-5-9-16(18)17-10-6-8-12-19(17)20/h5-12,15,20,22H,13-14H2,1-4H3,(H,26,28)(H,27,31)(H,29,30). The molecule has 1 aliphatic carbocycles. The minimum atomic E-state index is -1.09. The Bertz CT molecular complexity index is 969. The number of hydrogen-bond acceptors (Lipinski definition) is 4. The minimum absolute atomic E-state index is 0.0538. The van der Waals surface area contributed by atoms with E-state index in [1.54, 1.807) is 27.7 Å². The Labute approximate surface area is 188 Å². The summed E-state index contributed by atoms with van der Waals surface area (Å²) in [5, 5.41) is 14.5. The molecule has 0 radical (unpaired) electrons. The van der Waals surface area contributed by atoms with Crippen molar-refractivity contribution in [1.82, 2.24) is 10.6 Å². The van der Waals surface area contributed by atoms with Gasteiger partial charge in [0.05, 0.1) is 0 Å². The predicted molar refractivity (Wildman–Crippen MR) is 121 cm³/mol. The highest BCUT2D eigenvalue weighted by Gasteiger charge is 2.31. The summed E-state index contributed by atoms with van der Waals surface area (Å²) < 4.78 is 5.54. The normalized spacial score (nSPS) is 13.8. The van der Waals surface area contributed by atoms with Gasteiger partial charge in [0.1, 0.15) is 12.6 Å². The molecule has 7 nitrogen and oxygen atoms in total. The van der Waals surface area contributed by atoms with Crippen LogP contribution in [-0.4, -0.2) is 41.3 Å². The Morgan fingerprint density at radius 1 is 1.00 bits per heavy atom. The number of hydrogen-bond donors (Lipinski definition) is 3. The van der Waals surface area contributed by atoms with Gasteiger partial charge in [0.15, 0.2) is 0 Å². The van der Waals surface area contributed by atoms with Crippen molar-refractivity contribution in [2.45, 2.75) is 51.6 Å². The summed E-state index contributed by atoms with van der Waals surface area (Å²) in [6.07, 6.45) is -0.698. The molecule has 0 fully saturated rings. The number of ether oxygens (including phenoxy) is 1. The lowest BCUT2D eigenvalue weighted by Gasteiger charge is -2.27. The molecule has 170 valence electrons. The van der Waals surface area contributed by atoms with E-state index in [9.17, 15) is 19.5 Å². The number of carbonyl (C=O) groups excluding carboxylic acids is 2. The number of fused-ring (bicyclic) bond motifs is 3. The van der Waals surface area contributed by atoms with E-state index in [2.05, 4.69) is 22.8 Å². The SMILES string of the molecule is CC(C)C(NC(=O)CC(C)(C)NC(=O)OCC1c2ccccc2-c2ccccc21)C(=O)O. The number of alkyl carbamates (subject to hydrolysis) is 1. The number of benzene rings is 2. The van der Waals surface area contributed by atoms with Gasteiger partial charge in [-0.15, -0.1) is 0 Å². The van der Waals surface area contributed by atoms with Gasteiger partial charge in [0.25, 0.3) is 0 Å². The lowest BCUT2D eigenvalue weighted by Crippen LogP contribution is -2.50. The van der Waals surface area contributed by atoms with Crippen LogP contribution in [0.4, 0.5) is 4.79 Å². The molecule has 2 amide bonds. The van der Waals surface area contributed by atoms with E-state index in [0.717, 1.165) is 22.3 Å². The van der Waals surface area contributed by atoms with Gasteiger partial charge in [-0.3, -0.25) is 4.79 Å². The third-order valence-electron chi connectivity index (χ3n) is 5.64. The highest BCUT2D eigenvalue weighted by atomic mass is 16.5. The zero-order chi connectivity index (χ0) is 23.5. The second-order valence-corrected chi connectivity index (χ2v) is 9.14. The van der Waals surface area contributed by atoms with E-state index in [1.165, 1.54) is 0 Å². The molecule has 0 aliphatic heterocycles. The van der Waals surface area contributed by atoms with Crippen molar-refractivity contribution in [3.63, 3.8) is 0 Å². The maximum atomic E-state index is 12.5. The summed E-state index contributed by atoms with van der Waals surface area (Å²) in [4.78, 5) is 36.1. The van der Waals surface area contributed by atoms with E-state index in [0.29, 0.717) is 0 Å². The number of rotatable bonds is 8. The zero-order valence-corrected chi connectivity index (χ0v) is 18.8. The van der Waals surface area contributed by atoms with Gasteiger partial charge in [0, 0.05) is 17.9 Å². The van der Waals surface area contributed by atoms with Crippen molar-refractivity contribution in [3.05, 3.63) is 59.7 Å². The molecule has 0 heterocycles. The van der Waals surface area contributed by atoms with Crippen LogP contribution < -0.4 is 10.6 Å². The molecule has 3 rings (SSSR count). The number of carboxylic acid groups (broad SMARTS) is 1. The fourth-order valence-electron chi connectivity index (χ4n) is 4.09. The van der Waals surface area contributed by atoms with E-state index in [-0.39, 0.29) is 24.9 Å². The first-order chi connectivity index (χ1) is 15.1. The molecular weight excluding hydrogens is 408 g/mol. The predicted octanol–water partition coefficient (Wildman–Crippen LogP) is 3.92. The molecule has 3 N–H and O–H groups in total. The molecule has 1 aliphatic rings. The lowest BCUT2D eigenvalue weighted by molar-refractivity contribution is -0.143. The molecule has 7 heteroatoms. The number of carboxylic acids is 1. The molecule has 0 aromatic heterocycles. The maximum absolute atomic E-state index is 12.5. The quantitative estimate of drug-likeness (QED) is 0.579.